The Morgan fingerprint density at radius 1 is 1.05 bits per heavy atom. The number of hydrogen-bond acceptors (Lipinski definition) is 4. The van der Waals surface area contributed by atoms with Gasteiger partial charge in [0.05, 0.1) is 14.2 Å². The van der Waals surface area contributed by atoms with Crippen LogP contribution >= 0.6 is 11.8 Å². The summed E-state index contributed by atoms with van der Waals surface area (Å²) in [5.41, 5.74) is 1.11. The molecule has 112 valence electrons. The molecule has 0 aliphatic heterocycles. The maximum atomic E-state index is 5.47. The third kappa shape index (κ3) is 4.16. The van der Waals surface area contributed by atoms with Gasteiger partial charge in [0.2, 0.25) is 0 Å². The predicted octanol–water partition coefficient (Wildman–Crippen LogP) is 3.76. The lowest BCUT2D eigenvalue weighted by atomic mass is 10.1. The molecule has 0 heterocycles. The van der Waals surface area contributed by atoms with Crippen LogP contribution in [0.25, 0.3) is 0 Å². The second-order valence-electron chi connectivity index (χ2n) is 4.57. The Labute approximate surface area is 130 Å². The number of methoxy groups -OCH3 is 2. The minimum Gasteiger partial charge on any atom is -0.497 e. The standard InChI is InChI=1S/C17H21NO2S/c1-18-16(12-21-14-7-5-4-6-8-14)15-11-13(19-2)9-10-17(15)20-3/h4-11,16,18H,12H2,1-3H3. The molecule has 0 amide bonds. The van der Waals surface area contributed by atoms with E-state index in [-0.39, 0.29) is 6.04 Å². The van der Waals surface area contributed by atoms with E-state index in [0.29, 0.717) is 0 Å². The van der Waals surface area contributed by atoms with Crippen molar-refractivity contribution in [1.29, 1.82) is 0 Å². The van der Waals surface area contributed by atoms with Gasteiger partial charge < -0.3 is 14.8 Å². The Kier molecular flexibility index (Phi) is 5.96. The van der Waals surface area contributed by atoms with Gasteiger partial charge in [-0.1, -0.05) is 18.2 Å². The molecule has 0 bridgehead atoms. The molecule has 21 heavy (non-hydrogen) atoms. The van der Waals surface area contributed by atoms with Crippen LogP contribution in [0.15, 0.2) is 53.4 Å². The van der Waals surface area contributed by atoms with Gasteiger partial charge in [-0.3, -0.25) is 0 Å². The Morgan fingerprint density at radius 3 is 2.43 bits per heavy atom. The van der Waals surface area contributed by atoms with Crippen LogP contribution in [-0.4, -0.2) is 27.0 Å². The van der Waals surface area contributed by atoms with E-state index in [0.717, 1.165) is 22.8 Å². The number of benzene rings is 2. The van der Waals surface area contributed by atoms with Gasteiger partial charge in [-0.25, -0.2) is 0 Å². The molecule has 0 saturated carbocycles. The van der Waals surface area contributed by atoms with Gasteiger partial charge in [-0.15, -0.1) is 11.8 Å². The van der Waals surface area contributed by atoms with Gasteiger partial charge >= 0.3 is 0 Å². The highest BCUT2D eigenvalue weighted by molar-refractivity contribution is 7.99. The maximum absolute atomic E-state index is 5.47. The summed E-state index contributed by atoms with van der Waals surface area (Å²) in [6.07, 6.45) is 0. The van der Waals surface area contributed by atoms with Crippen LogP contribution in [0, 0.1) is 0 Å². The lowest BCUT2D eigenvalue weighted by Gasteiger charge is -2.20. The van der Waals surface area contributed by atoms with Crippen molar-refractivity contribution in [2.45, 2.75) is 10.9 Å². The summed E-state index contributed by atoms with van der Waals surface area (Å²) in [6, 6.07) is 16.5. The number of ether oxygens (including phenoxy) is 2. The van der Waals surface area contributed by atoms with E-state index in [9.17, 15) is 0 Å². The van der Waals surface area contributed by atoms with Gasteiger partial charge in [-0.05, 0) is 37.4 Å². The van der Waals surface area contributed by atoms with Crippen molar-refractivity contribution in [1.82, 2.24) is 5.32 Å². The van der Waals surface area contributed by atoms with Crippen molar-refractivity contribution >= 4 is 11.8 Å². The summed E-state index contributed by atoms with van der Waals surface area (Å²) >= 11 is 1.82. The molecule has 0 radical (unpaired) electrons. The Balaban J connectivity index is 2.16. The lowest BCUT2D eigenvalue weighted by Crippen LogP contribution is -2.19. The Bertz CT molecular complexity index is 560. The minimum absolute atomic E-state index is 0.195. The van der Waals surface area contributed by atoms with Crippen molar-refractivity contribution in [3.63, 3.8) is 0 Å². The van der Waals surface area contributed by atoms with E-state index < -0.39 is 0 Å². The van der Waals surface area contributed by atoms with E-state index in [1.807, 2.05) is 43.1 Å². The second-order valence-corrected chi connectivity index (χ2v) is 5.67. The third-order valence-electron chi connectivity index (χ3n) is 3.32. The zero-order chi connectivity index (χ0) is 15.1. The fourth-order valence-corrected chi connectivity index (χ4v) is 3.19. The number of nitrogens with one attached hydrogen (secondary N) is 1. The van der Waals surface area contributed by atoms with Crippen molar-refractivity contribution in [2.24, 2.45) is 0 Å². The normalized spacial score (nSPS) is 12.0. The first-order valence-corrected chi connectivity index (χ1v) is 7.84. The molecule has 2 aromatic carbocycles. The molecule has 4 heteroatoms. The average molecular weight is 303 g/mol. The zero-order valence-corrected chi connectivity index (χ0v) is 13.4. The van der Waals surface area contributed by atoms with Crippen molar-refractivity contribution in [3.8, 4) is 11.5 Å². The summed E-state index contributed by atoms with van der Waals surface area (Å²) in [7, 11) is 5.34. The zero-order valence-electron chi connectivity index (χ0n) is 12.6. The number of rotatable bonds is 7. The average Bonchev–Trinajstić information content (AvgIpc) is 2.56. The third-order valence-corrected chi connectivity index (χ3v) is 4.43. The Hall–Kier alpha value is -1.65. The highest BCUT2D eigenvalue weighted by Crippen LogP contribution is 2.32. The summed E-state index contributed by atoms with van der Waals surface area (Å²) in [6.45, 7) is 0. The predicted molar refractivity (Wildman–Crippen MR) is 88.5 cm³/mol. The summed E-state index contributed by atoms with van der Waals surface area (Å²) < 4.78 is 10.8. The molecule has 1 N–H and O–H groups in total. The highest BCUT2D eigenvalue weighted by Gasteiger charge is 2.16. The molecule has 3 nitrogen and oxygen atoms in total. The van der Waals surface area contributed by atoms with Gasteiger partial charge in [0.15, 0.2) is 0 Å². The summed E-state index contributed by atoms with van der Waals surface area (Å²) in [4.78, 5) is 1.26. The molecular weight excluding hydrogens is 282 g/mol. The molecule has 0 fully saturated rings. The lowest BCUT2D eigenvalue weighted by molar-refractivity contribution is 0.394. The minimum atomic E-state index is 0.195. The largest absolute Gasteiger partial charge is 0.497 e. The van der Waals surface area contributed by atoms with Crippen LogP contribution < -0.4 is 14.8 Å². The van der Waals surface area contributed by atoms with Crippen LogP contribution in [0.2, 0.25) is 0 Å². The van der Waals surface area contributed by atoms with E-state index >= 15 is 0 Å². The van der Waals surface area contributed by atoms with Gasteiger partial charge in [0.25, 0.3) is 0 Å². The molecule has 1 unspecified atom stereocenters. The Morgan fingerprint density at radius 2 is 1.81 bits per heavy atom. The van der Waals surface area contributed by atoms with Gasteiger partial charge in [0, 0.05) is 22.3 Å². The first-order chi connectivity index (χ1) is 10.3. The van der Waals surface area contributed by atoms with E-state index in [2.05, 4.69) is 29.6 Å². The number of thioether (sulfide) groups is 1. The molecule has 0 saturated heterocycles. The van der Waals surface area contributed by atoms with E-state index in [1.54, 1.807) is 14.2 Å². The first kappa shape index (κ1) is 15.7. The van der Waals surface area contributed by atoms with Crippen molar-refractivity contribution < 1.29 is 9.47 Å². The molecule has 0 aromatic heterocycles. The van der Waals surface area contributed by atoms with E-state index in [1.165, 1.54) is 4.90 Å². The second kappa shape index (κ2) is 7.96. The van der Waals surface area contributed by atoms with Crippen molar-refractivity contribution in [2.75, 3.05) is 27.0 Å². The van der Waals surface area contributed by atoms with E-state index in [4.69, 9.17) is 9.47 Å². The monoisotopic (exact) mass is 303 g/mol. The van der Waals surface area contributed by atoms with Crippen LogP contribution in [-0.2, 0) is 0 Å². The number of hydrogen-bond donors (Lipinski definition) is 1. The van der Waals surface area contributed by atoms with Crippen molar-refractivity contribution in [3.05, 3.63) is 54.1 Å². The fraction of sp³-hybridized carbons (Fsp3) is 0.294. The highest BCUT2D eigenvalue weighted by atomic mass is 32.2. The van der Waals surface area contributed by atoms with Crippen LogP contribution in [0.4, 0.5) is 0 Å². The molecule has 2 rings (SSSR count). The van der Waals surface area contributed by atoms with Crippen LogP contribution in [0.1, 0.15) is 11.6 Å². The molecule has 0 aliphatic rings. The molecular formula is C17H21NO2S. The molecule has 0 spiro atoms. The fourth-order valence-electron chi connectivity index (χ4n) is 2.14. The van der Waals surface area contributed by atoms with Crippen LogP contribution in [0.3, 0.4) is 0 Å². The topological polar surface area (TPSA) is 30.5 Å². The van der Waals surface area contributed by atoms with Gasteiger partial charge in [0.1, 0.15) is 11.5 Å². The maximum Gasteiger partial charge on any atom is 0.123 e. The van der Waals surface area contributed by atoms with Gasteiger partial charge in [-0.2, -0.15) is 0 Å². The summed E-state index contributed by atoms with van der Waals surface area (Å²) in [5.74, 6) is 2.64. The van der Waals surface area contributed by atoms with Crippen LogP contribution in [0.5, 0.6) is 11.5 Å². The first-order valence-electron chi connectivity index (χ1n) is 6.85. The molecule has 0 aliphatic carbocycles. The molecule has 1 atom stereocenters. The molecule has 2 aromatic rings. The quantitative estimate of drug-likeness (QED) is 0.789. The SMILES string of the molecule is CNC(CSc1ccccc1)c1cc(OC)ccc1OC. The summed E-state index contributed by atoms with van der Waals surface area (Å²) in [5, 5.41) is 3.36. The smallest absolute Gasteiger partial charge is 0.123 e.